The number of rotatable bonds is 3. The van der Waals surface area contributed by atoms with Crippen LogP contribution in [0.4, 0.5) is 5.69 Å². The SMILES string of the molecule is COc1ccc(C2C3=C(CCCC3=O)Nc3c2ccc2[nH+]cccc32)c(OC)c1. The minimum absolute atomic E-state index is 0.167. The molecule has 0 spiro atoms. The number of nitrogens with one attached hydrogen (secondary N) is 2. The fourth-order valence-corrected chi connectivity index (χ4v) is 4.61. The first-order chi connectivity index (χ1) is 14.2. The van der Waals surface area contributed by atoms with Gasteiger partial charge in [0.2, 0.25) is 5.52 Å². The fourth-order valence-electron chi connectivity index (χ4n) is 4.61. The van der Waals surface area contributed by atoms with Gasteiger partial charge in [-0.15, -0.1) is 0 Å². The fraction of sp³-hybridized carbons (Fsp3) is 0.250. The van der Waals surface area contributed by atoms with Crippen molar-refractivity contribution in [2.45, 2.75) is 25.2 Å². The number of pyridine rings is 1. The van der Waals surface area contributed by atoms with E-state index < -0.39 is 0 Å². The van der Waals surface area contributed by atoms with Gasteiger partial charge in [0, 0.05) is 47.4 Å². The second-order valence-electron chi connectivity index (χ2n) is 7.50. The molecule has 29 heavy (non-hydrogen) atoms. The normalized spacial score (nSPS) is 18.1. The lowest BCUT2D eigenvalue weighted by Crippen LogP contribution is -2.27. The molecule has 5 rings (SSSR count). The minimum Gasteiger partial charge on any atom is -0.497 e. The van der Waals surface area contributed by atoms with Crippen LogP contribution >= 0.6 is 0 Å². The molecule has 2 heterocycles. The number of benzene rings is 2. The van der Waals surface area contributed by atoms with E-state index in [1.54, 1.807) is 14.2 Å². The Kier molecular flexibility index (Phi) is 4.23. The van der Waals surface area contributed by atoms with Crippen LogP contribution in [0.15, 0.2) is 59.9 Å². The summed E-state index contributed by atoms with van der Waals surface area (Å²) in [6, 6.07) is 14.1. The number of hydrogen-bond donors (Lipinski definition) is 1. The third-order valence-electron chi connectivity index (χ3n) is 5.96. The summed E-state index contributed by atoms with van der Waals surface area (Å²) in [6.07, 6.45) is 4.27. The standard InChI is InChI=1S/C24H22N2O3/c1-28-14-8-9-16(21(13-14)29-2)22-17-10-11-18-15(5-4-12-25-18)24(17)26-19-6-3-7-20(27)23(19)22/h4-5,8-13,22,26H,3,6-7H2,1-2H3/p+1. The van der Waals surface area contributed by atoms with Crippen molar-refractivity contribution >= 4 is 22.4 Å². The third kappa shape index (κ3) is 2.77. The van der Waals surface area contributed by atoms with Gasteiger partial charge in [-0.3, -0.25) is 4.79 Å². The maximum absolute atomic E-state index is 13.0. The van der Waals surface area contributed by atoms with E-state index in [0.717, 1.165) is 63.3 Å². The van der Waals surface area contributed by atoms with E-state index in [2.05, 4.69) is 28.5 Å². The Morgan fingerprint density at radius 3 is 2.72 bits per heavy atom. The van der Waals surface area contributed by atoms with Crippen LogP contribution < -0.4 is 19.8 Å². The molecule has 1 aliphatic heterocycles. The molecule has 2 aliphatic rings. The molecular formula is C24H23N2O3+. The highest BCUT2D eigenvalue weighted by Crippen LogP contribution is 2.49. The zero-order valence-corrected chi connectivity index (χ0v) is 16.5. The number of anilines is 1. The molecule has 0 fully saturated rings. The highest BCUT2D eigenvalue weighted by Gasteiger charge is 2.37. The van der Waals surface area contributed by atoms with Crippen LogP contribution in [0.25, 0.3) is 10.9 Å². The monoisotopic (exact) mass is 387 g/mol. The summed E-state index contributed by atoms with van der Waals surface area (Å²) in [5.74, 6) is 1.51. The molecule has 0 radical (unpaired) electrons. The largest absolute Gasteiger partial charge is 0.497 e. The number of aromatic amines is 1. The summed E-state index contributed by atoms with van der Waals surface area (Å²) in [7, 11) is 3.30. The van der Waals surface area contributed by atoms with Gasteiger partial charge in [-0.1, -0.05) is 6.07 Å². The maximum Gasteiger partial charge on any atom is 0.212 e. The van der Waals surface area contributed by atoms with Gasteiger partial charge in [-0.2, -0.15) is 0 Å². The number of ketones is 1. The molecule has 2 aromatic carbocycles. The third-order valence-corrected chi connectivity index (χ3v) is 5.96. The highest BCUT2D eigenvalue weighted by atomic mass is 16.5. The van der Waals surface area contributed by atoms with Crippen LogP contribution in [0.2, 0.25) is 0 Å². The van der Waals surface area contributed by atoms with Crippen molar-refractivity contribution in [2.75, 3.05) is 19.5 Å². The Balaban J connectivity index is 1.80. The van der Waals surface area contributed by atoms with Crippen molar-refractivity contribution in [3.63, 3.8) is 0 Å². The van der Waals surface area contributed by atoms with Crippen LogP contribution in [-0.4, -0.2) is 20.0 Å². The topological polar surface area (TPSA) is 61.7 Å². The van der Waals surface area contributed by atoms with E-state index in [1.165, 1.54) is 0 Å². The highest BCUT2D eigenvalue weighted by molar-refractivity contribution is 6.04. The maximum atomic E-state index is 13.0. The van der Waals surface area contributed by atoms with Crippen molar-refractivity contribution in [3.8, 4) is 11.5 Å². The Bertz CT molecular complexity index is 1170. The van der Waals surface area contributed by atoms with Gasteiger partial charge in [0.05, 0.1) is 25.3 Å². The van der Waals surface area contributed by atoms with Gasteiger partial charge in [0.1, 0.15) is 11.5 Å². The molecule has 0 bridgehead atoms. The van der Waals surface area contributed by atoms with Gasteiger partial charge in [-0.25, -0.2) is 4.98 Å². The second kappa shape index (κ2) is 6.92. The number of carbonyl (C=O) groups is 1. The van der Waals surface area contributed by atoms with Crippen molar-refractivity contribution < 1.29 is 19.3 Å². The first kappa shape index (κ1) is 17.7. The number of hydrogen-bond acceptors (Lipinski definition) is 4. The zero-order chi connectivity index (χ0) is 20.0. The summed E-state index contributed by atoms with van der Waals surface area (Å²) < 4.78 is 11.1. The first-order valence-electron chi connectivity index (χ1n) is 9.89. The average molecular weight is 387 g/mol. The second-order valence-corrected chi connectivity index (χ2v) is 7.50. The van der Waals surface area contributed by atoms with Gasteiger partial charge in [-0.05, 0) is 36.6 Å². The zero-order valence-electron chi connectivity index (χ0n) is 16.5. The smallest absolute Gasteiger partial charge is 0.212 e. The van der Waals surface area contributed by atoms with E-state index in [-0.39, 0.29) is 11.7 Å². The lowest BCUT2D eigenvalue weighted by atomic mass is 9.74. The molecule has 1 aromatic heterocycles. The number of methoxy groups -OCH3 is 2. The molecular weight excluding hydrogens is 364 g/mol. The predicted molar refractivity (Wildman–Crippen MR) is 111 cm³/mol. The average Bonchev–Trinajstić information content (AvgIpc) is 2.77. The molecule has 1 aliphatic carbocycles. The molecule has 5 heteroatoms. The molecule has 1 unspecified atom stereocenters. The molecule has 3 aromatic rings. The summed E-state index contributed by atoms with van der Waals surface area (Å²) in [5, 5.41) is 4.72. The molecule has 1 atom stereocenters. The summed E-state index contributed by atoms with van der Waals surface area (Å²) in [6.45, 7) is 0. The van der Waals surface area contributed by atoms with Crippen LogP contribution in [0.1, 0.15) is 36.3 Å². The Morgan fingerprint density at radius 2 is 1.90 bits per heavy atom. The first-order valence-corrected chi connectivity index (χ1v) is 9.89. The lowest BCUT2D eigenvalue weighted by molar-refractivity contribution is -0.344. The summed E-state index contributed by atoms with van der Waals surface area (Å²) in [4.78, 5) is 16.3. The van der Waals surface area contributed by atoms with Crippen LogP contribution in [0, 0.1) is 0 Å². The predicted octanol–water partition coefficient (Wildman–Crippen LogP) is 4.24. The Hall–Kier alpha value is -3.34. The number of ether oxygens (including phenoxy) is 2. The van der Waals surface area contributed by atoms with E-state index in [0.29, 0.717) is 6.42 Å². The number of aromatic nitrogens is 1. The van der Waals surface area contributed by atoms with Gasteiger partial charge in [0.15, 0.2) is 12.0 Å². The van der Waals surface area contributed by atoms with Crippen molar-refractivity contribution in [3.05, 3.63) is 71.1 Å². The number of carbonyl (C=O) groups excluding carboxylic acids is 1. The number of fused-ring (bicyclic) bond motifs is 3. The Labute approximate surface area is 169 Å². The van der Waals surface area contributed by atoms with Crippen LogP contribution in [0.3, 0.4) is 0 Å². The lowest BCUT2D eigenvalue weighted by Gasteiger charge is -2.34. The van der Waals surface area contributed by atoms with Gasteiger partial charge in [0.25, 0.3) is 0 Å². The van der Waals surface area contributed by atoms with Crippen LogP contribution in [-0.2, 0) is 4.79 Å². The van der Waals surface area contributed by atoms with Crippen molar-refractivity contribution in [1.82, 2.24) is 0 Å². The van der Waals surface area contributed by atoms with Gasteiger partial charge >= 0.3 is 0 Å². The Morgan fingerprint density at radius 1 is 1.03 bits per heavy atom. The summed E-state index contributed by atoms with van der Waals surface area (Å²) in [5.41, 5.74) is 6.10. The van der Waals surface area contributed by atoms with Crippen LogP contribution in [0.5, 0.6) is 11.5 Å². The van der Waals surface area contributed by atoms with E-state index >= 15 is 0 Å². The number of allylic oxidation sites excluding steroid dienone is 2. The van der Waals surface area contributed by atoms with Gasteiger partial charge < -0.3 is 14.8 Å². The summed E-state index contributed by atoms with van der Waals surface area (Å²) >= 11 is 0. The molecule has 146 valence electrons. The molecule has 0 saturated carbocycles. The molecule has 2 N–H and O–H groups in total. The molecule has 0 amide bonds. The number of Topliss-reactive ketones (excluding diaryl/α,β-unsaturated/α-hetero) is 1. The minimum atomic E-state index is -0.167. The van der Waals surface area contributed by atoms with E-state index in [4.69, 9.17) is 9.47 Å². The molecule has 0 saturated heterocycles. The number of H-pyrrole nitrogens is 1. The van der Waals surface area contributed by atoms with E-state index in [1.807, 2.05) is 30.5 Å². The van der Waals surface area contributed by atoms with Crippen molar-refractivity contribution in [2.24, 2.45) is 0 Å². The van der Waals surface area contributed by atoms with Crippen molar-refractivity contribution in [1.29, 1.82) is 0 Å². The van der Waals surface area contributed by atoms with E-state index in [9.17, 15) is 4.79 Å². The molecule has 5 nitrogen and oxygen atoms in total. The quantitative estimate of drug-likeness (QED) is 0.730.